The quantitative estimate of drug-likeness (QED) is 0.556. The second-order valence-electron chi connectivity index (χ2n) is 7.19. The van der Waals surface area contributed by atoms with Crippen LogP contribution in [0.4, 0.5) is 4.39 Å². The summed E-state index contributed by atoms with van der Waals surface area (Å²) in [5.41, 5.74) is 1.35. The fourth-order valence-corrected chi connectivity index (χ4v) is 3.20. The molecule has 0 aromatic heterocycles. The van der Waals surface area contributed by atoms with Gasteiger partial charge in [-0.1, -0.05) is 24.3 Å². The number of hydrogen-bond donors (Lipinski definition) is 0. The third kappa shape index (κ3) is 5.72. The lowest BCUT2D eigenvalue weighted by atomic mass is 10.1. The summed E-state index contributed by atoms with van der Waals surface area (Å²) in [7, 11) is 3.11. The number of esters is 1. The van der Waals surface area contributed by atoms with Crippen LogP contribution in [0.5, 0.6) is 11.5 Å². The fourth-order valence-electron chi connectivity index (χ4n) is 3.20. The van der Waals surface area contributed by atoms with Gasteiger partial charge in [0.2, 0.25) is 0 Å². The number of halogens is 1. The number of nitrogens with zero attached hydrogens (tertiary/aromatic N) is 1. The van der Waals surface area contributed by atoms with Gasteiger partial charge in [-0.25, -0.2) is 4.39 Å². The van der Waals surface area contributed by atoms with Gasteiger partial charge in [0.25, 0.3) is 5.91 Å². The maximum atomic E-state index is 13.9. The molecule has 0 saturated heterocycles. The second-order valence-corrected chi connectivity index (χ2v) is 7.19. The zero-order valence-electron chi connectivity index (χ0n) is 17.2. The van der Waals surface area contributed by atoms with Crippen LogP contribution in [0, 0.1) is 5.82 Å². The first-order valence-electron chi connectivity index (χ1n) is 9.91. The molecule has 30 heavy (non-hydrogen) atoms. The number of hydrogen-bond acceptors (Lipinski definition) is 5. The van der Waals surface area contributed by atoms with Crippen molar-refractivity contribution in [1.82, 2.24) is 4.90 Å². The van der Waals surface area contributed by atoms with Crippen LogP contribution in [0.3, 0.4) is 0 Å². The summed E-state index contributed by atoms with van der Waals surface area (Å²) in [5.74, 6) is 0.0964. The molecule has 1 saturated carbocycles. The summed E-state index contributed by atoms with van der Waals surface area (Å²) in [6, 6.07) is 11.9. The lowest BCUT2D eigenvalue weighted by Crippen LogP contribution is -2.36. The minimum Gasteiger partial charge on any atom is -0.493 e. The van der Waals surface area contributed by atoms with E-state index in [0.717, 1.165) is 18.4 Å². The molecule has 0 spiro atoms. The summed E-state index contributed by atoms with van der Waals surface area (Å²) in [4.78, 5) is 26.3. The third-order valence-electron chi connectivity index (χ3n) is 5.03. The van der Waals surface area contributed by atoms with Gasteiger partial charge in [0, 0.05) is 24.6 Å². The molecule has 2 aromatic carbocycles. The Labute approximate surface area is 175 Å². The monoisotopic (exact) mass is 415 g/mol. The highest BCUT2D eigenvalue weighted by molar-refractivity contribution is 5.81. The molecular formula is C23H26FNO5. The average molecular weight is 415 g/mol. The first-order chi connectivity index (χ1) is 14.5. The Hall–Kier alpha value is -3.09. The molecular weight excluding hydrogens is 389 g/mol. The van der Waals surface area contributed by atoms with E-state index in [4.69, 9.17) is 14.2 Å². The Kier molecular flexibility index (Phi) is 7.27. The summed E-state index contributed by atoms with van der Waals surface area (Å²) in [6.07, 6.45) is 2.36. The number of rotatable bonds is 10. The van der Waals surface area contributed by atoms with Gasteiger partial charge in [0.1, 0.15) is 5.82 Å². The SMILES string of the molecule is COc1ccc(CCC(=O)OCC(=O)N(Cc2ccccc2F)C2CC2)cc1OC. The number of ether oxygens (including phenoxy) is 3. The van der Waals surface area contributed by atoms with E-state index in [0.29, 0.717) is 23.5 Å². The molecule has 2 aromatic rings. The van der Waals surface area contributed by atoms with E-state index in [1.54, 1.807) is 49.5 Å². The predicted molar refractivity (Wildman–Crippen MR) is 109 cm³/mol. The molecule has 3 rings (SSSR count). The van der Waals surface area contributed by atoms with Crippen molar-refractivity contribution >= 4 is 11.9 Å². The number of carbonyl (C=O) groups excluding carboxylic acids is 2. The normalized spacial score (nSPS) is 12.9. The topological polar surface area (TPSA) is 65.1 Å². The molecule has 0 atom stereocenters. The molecule has 160 valence electrons. The zero-order valence-corrected chi connectivity index (χ0v) is 17.2. The summed E-state index contributed by atoms with van der Waals surface area (Å²) < 4.78 is 29.6. The van der Waals surface area contributed by atoms with Crippen molar-refractivity contribution in [2.75, 3.05) is 20.8 Å². The van der Waals surface area contributed by atoms with Crippen LogP contribution in [-0.2, 0) is 27.3 Å². The summed E-state index contributed by atoms with van der Waals surface area (Å²) in [5, 5.41) is 0. The van der Waals surface area contributed by atoms with Crippen molar-refractivity contribution in [3.8, 4) is 11.5 Å². The molecule has 0 unspecified atom stereocenters. The van der Waals surface area contributed by atoms with Crippen molar-refractivity contribution < 1.29 is 28.2 Å². The molecule has 6 nitrogen and oxygen atoms in total. The van der Waals surface area contributed by atoms with Gasteiger partial charge in [-0.15, -0.1) is 0 Å². The Balaban J connectivity index is 1.49. The number of methoxy groups -OCH3 is 2. The van der Waals surface area contributed by atoms with E-state index in [-0.39, 0.29) is 37.3 Å². The second kappa shape index (κ2) is 10.1. The van der Waals surface area contributed by atoms with Crippen molar-refractivity contribution in [1.29, 1.82) is 0 Å². The van der Waals surface area contributed by atoms with E-state index in [1.165, 1.54) is 6.07 Å². The Morgan fingerprint density at radius 2 is 1.80 bits per heavy atom. The molecule has 0 aliphatic heterocycles. The van der Waals surface area contributed by atoms with Crippen LogP contribution in [-0.4, -0.2) is 43.6 Å². The van der Waals surface area contributed by atoms with Crippen molar-refractivity contribution in [3.05, 3.63) is 59.4 Å². The van der Waals surface area contributed by atoms with Crippen LogP contribution in [0.1, 0.15) is 30.4 Å². The third-order valence-corrected chi connectivity index (χ3v) is 5.03. The average Bonchev–Trinajstić information content (AvgIpc) is 3.60. The van der Waals surface area contributed by atoms with Gasteiger partial charge in [-0.05, 0) is 43.0 Å². The van der Waals surface area contributed by atoms with Crippen LogP contribution in [0.2, 0.25) is 0 Å². The maximum absolute atomic E-state index is 13.9. The van der Waals surface area contributed by atoms with Gasteiger partial charge in [-0.2, -0.15) is 0 Å². The molecule has 0 bridgehead atoms. The Morgan fingerprint density at radius 3 is 2.47 bits per heavy atom. The highest BCUT2D eigenvalue weighted by Gasteiger charge is 2.33. The van der Waals surface area contributed by atoms with Crippen molar-refractivity contribution in [2.24, 2.45) is 0 Å². The number of carbonyl (C=O) groups is 2. The van der Waals surface area contributed by atoms with E-state index >= 15 is 0 Å². The molecule has 1 amide bonds. The van der Waals surface area contributed by atoms with Crippen LogP contribution in [0.15, 0.2) is 42.5 Å². The largest absolute Gasteiger partial charge is 0.493 e. The van der Waals surface area contributed by atoms with E-state index in [9.17, 15) is 14.0 Å². The molecule has 0 heterocycles. The fraction of sp³-hybridized carbons (Fsp3) is 0.391. The summed E-state index contributed by atoms with van der Waals surface area (Å²) >= 11 is 0. The molecule has 1 aliphatic rings. The van der Waals surface area contributed by atoms with Crippen molar-refractivity contribution in [2.45, 2.75) is 38.3 Å². The number of benzene rings is 2. The zero-order chi connectivity index (χ0) is 21.5. The Morgan fingerprint density at radius 1 is 1.07 bits per heavy atom. The molecule has 7 heteroatoms. The minimum absolute atomic E-state index is 0.0857. The van der Waals surface area contributed by atoms with Crippen LogP contribution >= 0.6 is 0 Å². The summed E-state index contributed by atoms with van der Waals surface area (Å²) in [6.45, 7) is -0.158. The van der Waals surface area contributed by atoms with Gasteiger partial charge >= 0.3 is 5.97 Å². The molecule has 1 aliphatic carbocycles. The van der Waals surface area contributed by atoms with E-state index < -0.39 is 5.97 Å². The molecule has 1 fully saturated rings. The first kappa shape index (κ1) is 21.6. The molecule has 0 N–H and O–H groups in total. The predicted octanol–water partition coefficient (Wildman–Crippen LogP) is 3.51. The highest BCUT2D eigenvalue weighted by Crippen LogP contribution is 2.29. The smallest absolute Gasteiger partial charge is 0.306 e. The standard InChI is InChI=1S/C23H26FNO5/c1-28-20-11-7-16(13-21(20)29-2)8-12-23(27)30-15-22(26)25(18-9-10-18)14-17-5-3-4-6-19(17)24/h3-7,11,13,18H,8-10,12,14-15H2,1-2H3. The number of amides is 1. The van der Waals surface area contributed by atoms with Gasteiger partial charge in [-0.3, -0.25) is 9.59 Å². The van der Waals surface area contributed by atoms with Crippen LogP contribution < -0.4 is 9.47 Å². The van der Waals surface area contributed by atoms with E-state index in [1.807, 2.05) is 6.07 Å². The van der Waals surface area contributed by atoms with Gasteiger partial charge in [0.15, 0.2) is 18.1 Å². The van der Waals surface area contributed by atoms with Crippen LogP contribution in [0.25, 0.3) is 0 Å². The lowest BCUT2D eigenvalue weighted by molar-refractivity contribution is -0.152. The maximum Gasteiger partial charge on any atom is 0.306 e. The molecule has 0 radical (unpaired) electrons. The lowest BCUT2D eigenvalue weighted by Gasteiger charge is -2.22. The minimum atomic E-state index is -0.459. The highest BCUT2D eigenvalue weighted by atomic mass is 19.1. The van der Waals surface area contributed by atoms with Crippen molar-refractivity contribution in [3.63, 3.8) is 0 Å². The van der Waals surface area contributed by atoms with E-state index in [2.05, 4.69) is 0 Å². The van der Waals surface area contributed by atoms with Gasteiger partial charge in [0.05, 0.1) is 14.2 Å². The first-order valence-corrected chi connectivity index (χ1v) is 9.91. The number of aryl methyl sites for hydroxylation is 1. The Bertz CT molecular complexity index is 897. The van der Waals surface area contributed by atoms with Gasteiger partial charge < -0.3 is 19.1 Å².